The molecule has 2 rings (SSSR count). The molecule has 0 spiro atoms. The van der Waals surface area contributed by atoms with Crippen LogP contribution in [0.25, 0.3) is 0 Å². The lowest BCUT2D eigenvalue weighted by atomic mass is 9.69. The van der Waals surface area contributed by atoms with Crippen LogP contribution in [-0.4, -0.2) is 13.6 Å². The lowest BCUT2D eigenvalue weighted by Gasteiger charge is -2.37. The normalized spacial score (nSPS) is 29.8. The zero-order chi connectivity index (χ0) is 12.3. The molecule has 3 atom stereocenters. The highest BCUT2D eigenvalue weighted by molar-refractivity contribution is 5.09. The van der Waals surface area contributed by atoms with Crippen molar-refractivity contribution in [3.8, 4) is 0 Å². The first-order chi connectivity index (χ1) is 8.22. The maximum Gasteiger partial charge on any atom is 0.107 e. The van der Waals surface area contributed by atoms with E-state index in [1.165, 1.54) is 25.0 Å². The van der Waals surface area contributed by atoms with Gasteiger partial charge in [0.2, 0.25) is 0 Å². The van der Waals surface area contributed by atoms with Gasteiger partial charge in [0.15, 0.2) is 0 Å². The minimum atomic E-state index is 0.610. The van der Waals surface area contributed by atoms with Crippen molar-refractivity contribution in [2.75, 3.05) is 13.6 Å². The second-order valence-electron chi connectivity index (χ2n) is 5.76. The number of rotatable bonds is 4. The fourth-order valence-corrected chi connectivity index (χ4v) is 3.23. The fourth-order valence-electron chi connectivity index (χ4n) is 3.23. The van der Waals surface area contributed by atoms with E-state index in [0.29, 0.717) is 5.92 Å². The van der Waals surface area contributed by atoms with Crippen LogP contribution in [0.15, 0.2) is 22.8 Å². The molecule has 1 saturated carbocycles. The van der Waals surface area contributed by atoms with Crippen LogP contribution in [0, 0.1) is 17.8 Å². The largest absolute Gasteiger partial charge is 0.469 e. The highest BCUT2D eigenvalue weighted by Gasteiger charge is 2.33. The minimum Gasteiger partial charge on any atom is -0.469 e. The number of furan rings is 1. The monoisotopic (exact) mass is 235 g/mol. The highest BCUT2D eigenvalue weighted by Crippen LogP contribution is 2.42. The molecule has 3 unspecified atom stereocenters. The smallest absolute Gasteiger partial charge is 0.107 e. The Bertz CT molecular complexity index is 318. The highest BCUT2D eigenvalue weighted by atomic mass is 16.3. The molecule has 1 aromatic heterocycles. The van der Waals surface area contributed by atoms with Gasteiger partial charge in [-0.2, -0.15) is 0 Å². The predicted molar refractivity (Wildman–Crippen MR) is 71.0 cm³/mol. The van der Waals surface area contributed by atoms with Crippen molar-refractivity contribution >= 4 is 0 Å². The van der Waals surface area contributed by atoms with E-state index in [1.54, 1.807) is 0 Å². The van der Waals surface area contributed by atoms with Crippen LogP contribution in [0.1, 0.15) is 44.8 Å². The average molecular weight is 235 g/mol. The molecule has 0 saturated heterocycles. The van der Waals surface area contributed by atoms with E-state index in [1.807, 2.05) is 19.4 Å². The van der Waals surface area contributed by atoms with E-state index >= 15 is 0 Å². The van der Waals surface area contributed by atoms with Crippen LogP contribution in [0.2, 0.25) is 0 Å². The summed E-state index contributed by atoms with van der Waals surface area (Å²) >= 11 is 0. The summed E-state index contributed by atoms with van der Waals surface area (Å²) in [5.41, 5.74) is 0. The molecule has 0 radical (unpaired) electrons. The van der Waals surface area contributed by atoms with Gasteiger partial charge in [0.25, 0.3) is 0 Å². The maximum atomic E-state index is 5.65. The van der Waals surface area contributed by atoms with Gasteiger partial charge in [0.1, 0.15) is 5.76 Å². The molecule has 1 heterocycles. The van der Waals surface area contributed by atoms with Crippen LogP contribution in [0.4, 0.5) is 0 Å². The first-order valence-electron chi connectivity index (χ1n) is 6.90. The Morgan fingerprint density at radius 1 is 1.41 bits per heavy atom. The topological polar surface area (TPSA) is 25.2 Å². The van der Waals surface area contributed by atoms with Gasteiger partial charge in [-0.25, -0.2) is 0 Å². The van der Waals surface area contributed by atoms with Crippen LogP contribution >= 0.6 is 0 Å². The van der Waals surface area contributed by atoms with Crippen molar-refractivity contribution in [2.24, 2.45) is 17.8 Å². The third kappa shape index (κ3) is 2.92. The molecular weight excluding hydrogens is 210 g/mol. The summed E-state index contributed by atoms with van der Waals surface area (Å²) in [5.74, 6) is 4.19. The van der Waals surface area contributed by atoms with Gasteiger partial charge in [-0.15, -0.1) is 0 Å². The molecule has 1 fully saturated rings. The van der Waals surface area contributed by atoms with Crippen molar-refractivity contribution < 1.29 is 4.42 Å². The van der Waals surface area contributed by atoms with Gasteiger partial charge in [-0.05, 0) is 62.7 Å². The average Bonchev–Trinajstić information content (AvgIpc) is 2.83. The second kappa shape index (κ2) is 5.72. The number of nitrogens with one attached hydrogen (secondary N) is 1. The molecule has 1 aliphatic carbocycles. The fraction of sp³-hybridized carbons (Fsp3) is 0.733. The molecule has 0 aliphatic heterocycles. The Kier molecular flexibility index (Phi) is 4.27. The SMILES string of the molecule is CNCC1CCC(C(C)C)CC1c1ccco1. The second-order valence-corrected chi connectivity index (χ2v) is 5.76. The van der Waals surface area contributed by atoms with E-state index in [-0.39, 0.29) is 0 Å². The molecule has 2 nitrogen and oxygen atoms in total. The van der Waals surface area contributed by atoms with E-state index in [0.717, 1.165) is 24.3 Å². The Hall–Kier alpha value is -0.760. The molecule has 2 heteroatoms. The summed E-state index contributed by atoms with van der Waals surface area (Å²) in [5, 5.41) is 3.33. The zero-order valence-corrected chi connectivity index (χ0v) is 11.3. The van der Waals surface area contributed by atoms with Gasteiger partial charge >= 0.3 is 0 Å². The maximum absolute atomic E-state index is 5.65. The Morgan fingerprint density at radius 2 is 2.24 bits per heavy atom. The third-order valence-corrected chi connectivity index (χ3v) is 4.35. The van der Waals surface area contributed by atoms with Crippen LogP contribution in [0.5, 0.6) is 0 Å². The van der Waals surface area contributed by atoms with Crippen molar-refractivity contribution in [3.63, 3.8) is 0 Å². The predicted octanol–water partition coefficient (Wildman–Crippen LogP) is 3.65. The molecule has 1 N–H and O–H groups in total. The van der Waals surface area contributed by atoms with Crippen molar-refractivity contribution in [2.45, 2.75) is 39.0 Å². The molecule has 1 aliphatic rings. The van der Waals surface area contributed by atoms with Gasteiger partial charge in [0, 0.05) is 5.92 Å². The first kappa shape index (κ1) is 12.7. The number of hydrogen-bond acceptors (Lipinski definition) is 2. The van der Waals surface area contributed by atoms with Crippen LogP contribution in [0.3, 0.4) is 0 Å². The van der Waals surface area contributed by atoms with Gasteiger partial charge in [0.05, 0.1) is 6.26 Å². The quantitative estimate of drug-likeness (QED) is 0.861. The van der Waals surface area contributed by atoms with Crippen molar-refractivity contribution in [1.29, 1.82) is 0 Å². The molecule has 0 bridgehead atoms. The summed E-state index contributed by atoms with van der Waals surface area (Å²) in [6.45, 7) is 5.81. The zero-order valence-electron chi connectivity index (χ0n) is 11.3. The van der Waals surface area contributed by atoms with Gasteiger partial charge in [-0.3, -0.25) is 0 Å². The Labute approximate surface area is 105 Å². The Balaban J connectivity index is 2.10. The van der Waals surface area contributed by atoms with Crippen LogP contribution < -0.4 is 5.32 Å². The summed E-state index contributed by atoms with van der Waals surface area (Å²) in [4.78, 5) is 0. The summed E-state index contributed by atoms with van der Waals surface area (Å²) in [7, 11) is 2.05. The van der Waals surface area contributed by atoms with Gasteiger partial charge in [-0.1, -0.05) is 13.8 Å². The minimum absolute atomic E-state index is 0.610. The molecule has 0 aromatic carbocycles. The third-order valence-electron chi connectivity index (χ3n) is 4.35. The Morgan fingerprint density at radius 3 is 2.82 bits per heavy atom. The van der Waals surface area contributed by atoms with E-state index in [2.05, 4.69) is 25.2 Å². The summed E-state index contributed by atoms with van der Waals surface area (Å²) in [6.07, 6.45) is 5.80. The molecule has 1 aromatic rings. The molecule has 96 valence electrons. The van der Waals surface area contributed by atoms with Gasteiger partial charge < -0.3 is 9.73 Å². The first-order valence-corrected chi connectivity index (χ1v) is 6.90. The van der Waals surface area contributed by atoms with Crippen molar-refractivity contribution in [1.82, 2.24) is 5.32 Å². The lowest BCUT2D eigenvalue weighted by Crippen LogP contribution is -2.31. The molecule has 0 amide bonds. The number of hydrogen-bond donors (Lipinski definition) is 1. The van der Waals surface area contributed by atoms with Crippen molar-refractivity contribution in [3.05, 3.63) is 24.2 Å². The summed E-state index contributed by atoms with van der Waals surface area (Å²) < 4.78 is 5.65. The van der Waals surface area contributed by atoms with E-state index < -0.39 is 0 Å². The standard InChI is InChI=1S/C15H25NO/c1-11(2)12-6-7-13(10-16-3)14(9-12)15-5-4-8-17-15/h4-5,8,11-14,16H,6-7,9-10H2,1-3H3. The summed E-state index contributed by atoms with van der Waals surface area (Å²) in [6, 6.07) is 4.17. The van der Waals surface area contributed by atoms with E-state index in [4.69, 9.17) is 4.42 Å². The van der Waals surface area contributed by atoms with Crippen LogP contribution in [-0.2, 0) is 0 Å². The van der Waals surface area contributed by atoms with E-state index in [9.17, 15) is 0 Å². The molecular formula is C15H25NO. The lowest BCUT2D eigenvalue weighted by molar-refractivity contribution is 0.177. The molecule has 17 heavy (non-hydrogen) atoms.